The quantitative estimate of drug-likeness (QED) is 0.651. The highest BCUT2D eigenvalue weighted by molar-refractivity contribution is 5.95. The van der Waals surface area contributed by atoms with Crippen LogP contribution in [0.2, 0.25) is 0 Å². The molecule has 0 atom stereocenters. The molecule has 158 valence electrons. The lowest BCUT2D eigenvalue weighted by atomic mass is 10.1. The van der Waals surface area contributed by atoms with Gasteiger partial charge >= 0.3 is 0 Å². The van der Waals surface area contributed by atoms with Gasteiger partial charge in [0.1, 0.15) is 11.6 Å². The number of nitrogens with one attached hydrogen (secondary N) is 1. The van der Waals surface area contributed by atoms with Crippen molar-refractivity contribution in [3.05, 3.63) is 76.9 Å². The molecule has 0 bridgehead atoms. The van der Waals surface area contributed by atoms with E-state index in [-0.39, 0.29) is 41.7 Å². The average molecular weight is 422 g/mol. The molecular weight excluding hydrogens is 403 g/mol. The van der Waals surface area contributed by atoms with Crippen LogP contribution in [-0.2, 0) is 4.79 Å². The molecule has 1 fully saturated rings. The number of amides is 2. The van der Waals surface area contributed by atoms with Gasteiger partial charge in [-0.15, -0.1) is 5.10 Å². The molecular formula is C22H19FN4O4. The van der Waals surface area contributed by atoms with Crippen LogP contribution in [0, 0.1) is 5.82 Å². The average Bonchev–Trinajstić information content (AvgIpc) is 2.81. The summed E-state index contributed by atoms with van der Waals surface area (Å²) < 4.78 is 20.2. The lowest BCUT2D eigenvalue weighted by molar-refractivity contribution is -0.127. The van der Waals surface area contributed by atoms with Crippen LogP contribution in [0.25, 0.3) is 10.8 Å². The highest BCUT2D eigenvalue weighted by Crippen LogP contribution is 2.27. The summed E-state index contributed by atoms with van der Waals surface area (Å²) in [4.78, 5) is 39.6. The van der Waals surface area contributed by atoms with Crippen molar-refractivity contribution in [2.24, 2.45) is 0 Å². The van der Waals surface area contributed by atoms with Gasteiger partial charge in [0, 0.05) is 26.2 Å². The Hall–Kier alpha value is -4.01. The Labute approximate surface area is 176 Å². The van der Waals surface area contributed by atoms with Gasteiger partial charge in [0.25, 0.3) is 11.5 Å². The Morgan fingerprint density at radius 3 is 2.45 bits per heavy atom. The molecule has 0 spiro atoms. The van der Waals surface area contributed by atoms with Crippen molar-refractivity contribution >= 4 is 22.6 Å². The molecule has 9 heteroatoms. The molecule has 8 nitrogen and oxygen atoms in total. The van der Waals surface area contributed by atoms with E-state index in [1.54, 1.807) is 29.2 Å². The van der Waals surface area contributed by atoms with Gasteiger partial charge in [-0.25, -0.2) is 9.49 Å². The predicted molar refractivity (Wildman–Crippen MR) is 112 cm³/mol. The second-order valence-electron chi connectivity index (χ2n) is 6.97. The highest BCUT2D eigenvalue weighted by atomic mass is 19.1. The Bertz CT molecular complexity index is 1230. The number of benzene rings is 2. The number of aromatic amines is 1. The smallest absolute Gasteiger partial charge is 0.272 e. The largest absolute Gasteiger partial charge is 0.437 e. The van der Waals surface area contributed by atoms with Crippen LogP contribution in [-0.4, -0.2) is 58.0 Å². The summed E-state index contributed by atoms with van der Waals surface area (Å²) in [6.07, 6.45) is 1.23. The fourth-order valence-electron chi connectivity index (χ4n) is 3.44. The summed E-state index contributed by atoms with van der Waals surface area (Å²) in [6, 6.07) is 10.6. The van der Waals surface area contributed by atoms with E-state index in [1.165, 1.54) is 23.1 Å². The number of fused-ring (bicyclic) bond motifs is 1. The number of hydrogen-bond donors (Lipinski definition) is 1. The van der Waals surface area contributed by atoms with E-state index >= 15 is 0 Å². The monoisotopic (exact) mass is 422 g/mol. The minimum atomic E-state index is -0.679. The number of H-pyrrole nitrogens is 1. The molecule has 1 aromatic heterocycles. The van der Waals surface area contributed by atoms with Gasteiger partial charge in [0.2, 0.25) is 11.8 Å². The first-order valence-electron chi connectivity index (χ1n) is 9.63. The lowest BCUT2D eigenvalue weighted by Gasteiger charge is -2.34. The third-order valence-electron chi connectivity index (χ3n) is 5.10. The molecule has 0 aliphatic carbocycles. The molecule has 3 aromatic rings. The number of aromatic nitrogens is 2. The van der Waals surface area contributed by atoms with Crippen molar-refractivity contribution in [3.8, 4) is 11.6 Å². The van der Waals surface area contributed by atoms with Crippen molar-refractivity contribution in [1.29, 1.82) is 0 Å². The zero-order chi connectivity index (χ0) is 22.0. The van der Waals surface area contributed by atoms with Crippen LogP contribution in [0.5, 0.6) is 11.6 Å². The molecule has 0 radical (unpaired) electrons. The van der Waals surface area contributed by atoms with Crippen molar-refractivity contribution in [2.45, 2.75) is 0 Å². The summed E-state index contributed by atoms with van der Waals surface area (Å²) in [6.45, 7) is 4.73. The Morgan fingerprint density at radius 2 is 1.74 bits per heavy atom. The summed E-state index contributed by atoms with van der Waals surface area (Å²) in [5.74, 6) is -1.03. The molecule has 0 saturated carbocycles. The molecule has 1 aliphatic heterocycles. The van der Waals surface area contributed by atoms with Crippen molar-refractivity contribution in [3.63, 3.8) is 0 Å². The first kappa shape index (κ1) is 20.3. The van der Waals surface area contributed by atoms with Crippen LogP contribution < -0.4 is 10.3 Å². The Kier molecular flexibility index (Phi) is 5.48. The van der Waals surface area contributed by atoms with Gasteiger partial charge in [-0.1, -0.05) is 18.7 Å². The fourth-order valence-corrected chi connectivity index (χ4v) is 3.44. The number of carbonyl (C=O) groups is 2. The molecule has 2 aromatic carbocycles. The van der Waals surface area contributed by atoms with Crippen molar-refractivity contribution in [1.82, 2.24) is 20.0 Å². The SMILES string of the molecule is C=CC(=O)N1CCN(C(=O)c2cc(Oc3n[nH]c(=O)c4ccccc34)ccc2F)CC1. The van der Waals surface area contributed by atoms with Crippen LogP contribution in [0.3, 0.4) is 0 Å². The third-order valence-corrected chi connectivity index (χ3v) is 5.10. The highest BCUT2D eigenvalue weighted by Gasteiger charge is 2.26. The first-order valence-corrected chi connectivity index (χ1v) is 9.63. The topological polar surface area (TPSA) is 95.6 Å². The maximum Gasteiger partial charge on any atom is 0.272 e. The van der Waals surface area contributed by atoms with Crippen molar-refractivity contribution in [2.75, 3.05) is 26.2 Å². The minimum Gasteiger partial charge on any atom is -0.437 e. The molecule has 2 heterocycles. The van der Waals surface area contributed by atoms with E-state index in [2.05, 4.69) is 16.8 Å². The number of rotatable bonds is 4. The second-order valence-corrected chi connectivity index (χ2v) is 6.97. The van der Waals surface area contributed by atoms with Gasteiger partial charge < -0.3 is 14.5 Å². The number of piperazine rings is 1. The van der Waals surface area contributed by atoms with Gasteiger partial charge in [0.15, 0.2) is 0 Å². The van der Waals surface area contributed by atoms with E-state index in [0.29, 0.717) is 23.9 Å². The molecule has 2 amide bonds. The lowest BCUT2D eigenvalue weighted by Crippen LogP contribution is -2.50. The molecule has 1 aliphatic rings. The van der Waals surface area contributed by atoms with E-state index < -0.39 is 11.7 Å². The van der Waals surface area contributed by atoms with Crippen LogP contribution in [0.1, 0.15) is 10.4 Å². The maximum absolute atomic E-state index is 14.4. The van der Waals surface area contributed by atoms with Crippen molar-refractivity contribution < 1.29 is 18.7 Å². The van der Waals surface area contributed by atoms with E-state index in [4.69, 9.17) is 4.74 Å². The number of carbonyl (C=O) groups excluding carboxylic acids is 2. The molecule has 31 heavy (non-hydrogen) atoms. The number of halogens is 1. The zero-order valence-corrected chi connectivity index (χ0v) is 16.5. The van der Waals surface area contributed by atoms with E-state index in [0.717, 1.165) is 6.07 Å². The Morgan fingerprint density at radius 1 is 1.06 bits per heavy atom. The standard InChI is InChI=1S/C22H19FN4O4/c1-2-19(28)26-9-11-27(12-10-26)22(30)17-13-14(7-8-18(17)23)31-21-16-6-4-3-5-15(16)20(29)24-25-21/h2-8,13H,1,9-12H2,(H,24,29). The number of ether oxygens (including phenoxy) is 1. The van der Waals surface area contributed by atoms with Gasteiger partial charge in [-0.05, 0) is 36.4 Å². The normalized spacial score (nSPS) is 13.8. The van der Waals surface area contributed by atoms with E-state index in [9.17, 15) is 18.8 Å². The van der Waals surface area contributed by atoms with E-state index in [1.807, 2.05) is 0 Å². The summed E-state index contributed by atoms with van der Waals surface area (Å²) in [5, 5.41) is 7.18. The summed E-state index contributed by atoms with van der Waals surface area (Å²) in [7, 11) is 0. The fraction of sp³-hybridized carbons (Fsp3) is 0.182. The van der Waals surface area contributed by atoms with Gasteiger partial charge in [0.05, 0.1) is 16.3 Å². The summed E-state index contributed by atoms with van der Waals surface area (Å²) >= 11 is 0. The first-order chi connectivity index (χ1) is 15.0. The summed E-state index contributed by atoms with van der Waals surface area (Å²) in [5.41, 5.74) is -0.498. The third kappa shape index (κ3) is 4.02. The molecule has 0 unspecified atom stereocenters. The minimum absolute atomic E-state index is 0.136. The second kappa shape index (κ2) is 8.39. The number of hydrogen-bond acceptors (Lipinski definition) is 5. The van der Waals surface area contributed by atoms with Gasteiger partial charge in [-0.3, -0.25) is 14.4 Å². The maximum atomic E-state index is 14.4. The van der Waals surface area contributed by atoms with Crippen LogP contribution >= 0.6 is 0 Å². The predicted octanol–water partition coefficient (Wildman–Crippen LogP) is 2.32. The van der Waals surface area contributed by atoms with Gasteiger partial charge in [-0.2, -0.15) is 0 Å². The molecule has 1 saturated heterocycles. The van der Waals surface area contributed by atoms with Crippen LogP contribution in [0.4, 0.5) is 4.39 Å². The Balaban J connectivity index is 1.56. The molecule has 4 rings (SSSR count). The molecule has 1 N–H and O–H groups in total. The number of nitrogens with zero attached hydrogens (tertiary/aromatic N) is 3. The van der Waals surface area contributed by atoms with Crippen LogP contribution in [0.15, 0.2) is 59.9 Å². The zero-order valence-electron chi connectivity index (χ0n) is 16.5.